The van der Waals surface area contributed by atoms with Gasteiger partial charge in [0.2, 0.25) is 5.91 Å². The summed E-state index contributed by atoms with van der Waals surface area (Å²) in [5.74, 6) is -0.886. The molecule has 20 heavy (non-hydrogen) atoms. The Bertz CT molecular complexity index is 527. The van der Waals surface area contributed by atoms with E-state index in [1.165, 1.54) is 6.08 Å². The first-order chi connectivity index (χ1) is 9.38. The lowest BCUT2D eigenvalue weighted by molar-refractivity contribution is -0.147. The molecule has 0 aromatic heterocycles. The van der Waals surface area contributed by atoms with Crippen molar-refractivity contribution in [3.63, 3.8) is 0 Å². The van der Waals surface area contributed by atoms with Crippen LogP contribution >= 0.6 is 23.2 Å². The van der Waals surface area contributed by atoms with Crippen LogP contribution in [0.25, 0.3) is 6.08 Å². The standard InChI is InChI=1S/C14H15Cl2NO3/c1-9(2)20-14(19)8-17-13(18)6-4-10-3-5-11(15)7-12(10)16/h3-7,9H,8H2,1-2H3,(H,17,18)/b6-4+. The van der Waals surface area contributed by atoms with E-state index >= 15 is 0 Å². The fourth-order valence-electron chi connectivity index (χ4n) is 1.32. The molecule has 0 saturated heterocycles. The summed E-state index contributed by atoms with van der Waals surface area (Å²) in [6.07, 6.45) is 2.63. The van der Waals surface area contributed by atoms with E-state index in [-0.39, 0.29) is 12.6 Å². The summed E-state index contributed by atoms with van der Waals surface area (Å²) in [4.78, 5) is 22.7. The minimum atomic E-state index is -0.480. The van der Waals surface area contributed by atoms with E-state index in [1.54, 1.807) is 38.1 Å². The maximum absolute atomic E-state index is 11.5. The SMILES string of the molecule is CC(C)OC(=O)CNC(=O)/C=C/c1ccc(Cl)cc1Cl. The molecule has 0 aliphatic heterocycles. The third-order valence-corrected chi connectivity index (χ3v) is 2.71. The topological polar surface area (TPSA) is 55.4 Å². The molecule has 0 aliphatic carbocycles. The van der Waals surface area contributed by atoms with E-state index in [9.17, 15) is 9.59 Å². The highest BCUT2D eigenvalue weighted by molar-refractivity contribution is 6.35. The molecule has 1 N–H and O–H groups in total. The first-order valence-corrected chi connectivity index (χ1v) is 6.74. The lowest BCUT2D eigenvalue weighted by Gasteiger charge is -2.07. The average Bonchev–Trinajstić information content (AvgIpc) is 2.34. The van der Waals surface area contributed by atoms with Crippen LogP contribution in [0.1, 0.15) is 19.4 Å². The molecular formula is C14H15Cl2NO3. The molecule has 0 fully saturated rings. The normalized spacial score (nSPS) is 10.8. The van der Waals surface area contributed by atoms with E-state index in [1.807, 2.05) is 0 Å². The molecule has 1 aromatic rings. The van der Waals surface area contributed by atoms with Gasteiger partial charge in [0.1, 0.15) is 6.54 Å². The zero-order valence-electron chi connectivity index (χ0n) is 11.2. The number of hydrogen-bond acceptors (Lipinski definition) is 3. The van der Waals surface area contributed by atoms with E-state index in [0.29, 0.717) is 15.6 Å². The molecule has 0 saturated carbocycles. The Morgan fingerprint density at radius 2 is 2.05 bits per heavy atom. The van der Waals surface area contributed by atoms with E-state index in [2.05, 4.69) is 5.32 Å². The quantitative estimate of drug-likeness (QED) is 0.671. The highest BCUT2D eigenvalue weighted by Crippen LogP contribution is 2.21. The van der Waals surface area contributed by atoms with Gasteiger partial charge < -0.3 is 10.1 Å². The van der Waals surface area contributed by atoms with Crippen LogP contribution in [-0.2, 0) is 14.3 Å². The molecule has 0 bridgehead atoms. The van der Waals surface area contributed by atoms with Gasteiger partial charge in [-0.15, -0.1) is 0 Å². The van der Waals surface area contributed by atoms with Crippen LogP contribution in [-0.4, -0.2) is 24.5 Å². The van der Waals surface area contributed by atoms with Crippen LogP contribution < -0.4 is 5.32 Å². The summed E-state index contributed by atoms with van der Waals surface area (Å²) in [6.45, 7) is 3.31. The number of carbonyl (C=O) groups excluding carboxylic acids is 2. The zero-order valence-corrected chi connectivity index (χ0v) is 12.7. The minimum Gasteiger partial charge on any atom is -0.462 e. The Morgan fingerprint density at radius 1 is 1.35 bits per heavy atom. The largest absolute Gasteiger partial charge is 0.462 e. The number of rotatable bonds is 5. The van der Waals surface area contributed by atoms with Crippen molar-refractivity contribution in [1.82, 2.24) is 5.32 Å². The average molecular weight is 316 g/mol. The van der Waals surface area contributed by atoms with E-state index < -0.39 is 11.9 Å². The second-order valence-corrected chi connectivity index (χ2v) is 5.10. The summed E-state index contributed by atoms with van der Waals surface area (Å²) in [5.41, 5.74) is 0.663. The number of ether oxygens (including phenoxy) is 1. The number of hydrogen-bond donors (Lipinski definition) is 1. The number of esters is 1. The van der Waals surface area contributed by atoms with Gasteiger partial charge in [-0.3, -0.25) is 9.59 Å². The van der Waals surface area contributed by atoms with Crippen molar-refractivity contribution in [1.29, 1.82) is 0 Å². The van der Waals surface area contributed by atoms with Crippen molar-refractivity contribution >= 4 is 41.2 Å². The molecule has 0 spiro atoms. The predicted molar refractivity (Wildman–Crippen MR) is 79.7 cm³/mol. The van der Waals surface area contributed by atoms with E-state index in [0.717, 1.165) is 0 Å². The molecular weight excluding hydrogens is 301 g/mol. The summed E-state index contributed by atoms with van der Waals surface area (Å²) in [7, 11) is 0. The van der Waals surface area contributed by atoms with Gasteiger partial charge in [0.25, 0.3) is 0 Å². The van der Waals surface area contributed by atoms with Crippen molar-refractivity contribution in [2.45, 2.75) is 20.0 Å². The Kier molecular flexibility index (Phi) is 6.55. The van der Waals surface area contributed by atoms with Gasteiger partial charge in [0, 0.05) is 16.1 Å². The molecule has 4 nitrogen and oxygen atoms in total. The maximum atomic E-state index is 11.5. The van der Waals surface area contributed by atoms with Crippen LogP contribution in [0, 0.1) is 0 Å². The van der Waals surface area contributed by atoms with Crippen molar-refractivity contribution in [2.75, 3.05) is 6.54 Å². The summed E-state index contributed by atoms with van der Waals surface area (Å²) < 4.78 is 4.88. The second kappa shape index (κ2) is 7.92. The Balaban J connectivity index is 2.49. The third kappa shape index (κ3) is 6.08. The van der Waals surface area contributed by atoms with Crippen LogP contribution in [0.4, 0.5) is 0 Å². The minimum absolute atomic E-state index is 0.171. The molecule has 0 aliphatic rings. The fourth-order valence-corrected chi connectivity index (χ4v) is 1.80. The second-order valence-electron chi connectivity index (χ2n) is 4.26. The molecule has 0 unspecified atom stereocenters. The monoisotopic (exact) mass is 315 g/mol. The molecule has 1 rings (SSSR count). The van der Waals surface area contributed by atoms with Crippen molar-refractivity contribution in [3.05, 3.63) is 39.9 Å². The molecule has 6 heteroatoms. The Morgan fingerprint density at radius 3 is 2.65 bits per heavy atom. The summed E-state index contributed by atoms with van der Waals surface area (Å²) in [5, 5.41) is 3.39. The molecule has 1 amide bonds. The van der Waals surface area contributed by atoms with Gasteiger partial charge >= 0.3 is 5.97 Å². The zero-order chi connectivity index (χ0) is 15.1. The van der Waals surface area contributed by atoms with Gasteiger partial charge in [0.05, 0.1) is 6.10 Å². The number of nitrogens with one attached hydrogen (secondary N) is 1. The first-order valence-electron chi connectivity index (χ1n) is 5.99. The van der Waals surface area contributed by atoms with Gasteiger partial charge in [-0.05, 0) is 37.6 Å². The molecule has 0 atom stereocenters. The smallest absolute Gasteiger partial charge is 0.325 e. The fraction of sp³-hybridized carbons (Fsp3) is 0.286. The summed E-state index contributed by atoms with van der Waals surface area (Å²) >= 11 is 11.7. The Hall–Kier alpha value is -1.52. The summed E-state index contributed by atoms with van der Waals surface area (Å²) in [6, 6.07) is 4.95. The molecule has 1 aromatic carbocycles. The molecule has 0 radical (unpaired) electrons. The van der Waals surface area contributed by atoms with Crippen molar-refractivity contribution in [2.24, 2.45) is 0 Å². The third-order valence-electron chi connectivity index (χ3n) is 2.15. The molecule has 108 valence electrons. The highest BCUT2D eigenvalue weighted by Gasteiger charge is 2.06. The van der Waals surface area contributed by atoms with Gasteiger partial charge in [0.15, 0.2) is 0 Å². The maximum Gasteiger partial charge on any atom is 0.325 e. The number of benzene rings is 1. The lowest BCUT2D eigenvalue weighted by atomic mass is 10.2. The Labute approximate surface area is 127 Å². The van der Waals surface area contributed by atoms with Crippen molar-refractivity contribution < 1.29 is 14.3 Å². The first kappa shape index (κ1) is 16.5. The highest BCUT2D eigenvalue weighted by atomic mass is 35.5. The van der Waals surface area contributed by atoms with Gasteiger partial charge in [-0.1, -0.05) is 29.3 Å². The van der Waals surface area contributed by atoms with Crippen LogP contribution in [0.2, 0.25) is 10.0 Å². The lowest BCUT2D eigenvalue weighted by Crippen LogP contribution is -2.30. The number of halogens is 2. The number of amides is 1. The van der Waals surface area contributed by atoms with Crippen LogP contribution in [0.5, 0.6) is 0 Å². The predicted octanol–water partition coefficient (Wildman–Crippen LogP) is 3.07. The van der Waals surface area contributed by atoms with Crippen LogP contribution in [0.15, 0.2) is 24.3 Å². The number of carbonyl (C=O) groups is 2. The van der Waals surface area contributed by atoms with Crippen LogP contribution in [0.3, 0.4) is 0 Å². The van der Waals surface area contributed by atoms with Gasteiger partial charge in [-0.25, -0.2) is 0 Å². The molecule has 0 heterocycles. The van der Waals surface area contributed by atoms with Crippen molar-refractivity contribution in [3.8, 4) is 0 Å². The van der Waals surface area contributed by atoms with E-state index in [4.69, 9.17) is 27.9 Å². The van der Waals surface area contributed by atoms with Gasteiger partial charge in [-0.2, -0.15) is 0 Å².